The van der Waals surface area contributed by atoms with Gasteiger partial charge in [-0.25, -0.2) is 0 Å². The normalized spacial score (nSPS) is 15.0. The smallest absolute Gasteiger partial charge is 0.260 e. The average molecular weight is 749 g/mol. The van der Waals surface area contributed by atoms with E-state index in [2.05, 4.69) is 31.7 Å². The number of carbonyl (C=O) groups excluding carboxylic acids is 4. The lowest BCUT2D eigenvalue weighted by Crippen LogP contribution is -2.41. The van der Waals surface area contributed by atoms with Crippen molar-refractivity contribution < 1.29 is 28.7 Å². The SMILES string of the molecule is CCCC(C)(C)CCC(=O)Cc1cc(C(=O)Cc2cc(C(=O)CCCCOc3cc4c(cc3OC)C(=O)N3c5ccccc5C[C@H]3CN4C)n(C)c2)n(C)c1. The number of carbonyl (C=O) groups is 4. The van der Waals surface area contributed by atoms with E-state index in [1.54, 1.807) is 22.3 Å². The first kappa shape index (κ1) is 39.6. The van der Waals surface area contributed by atoms with E-state index in [4.69, 9.17) is 9.47 Å². The summed E-state index contributed by atoms with van der Waals surface area (Å²) in [4.78, 5) is 57.2. The molecule has 10 nitrogen and oxygen atoms in total. The molecule has 0 radical (unpaired) electrons. The molecule has 2 aliphatic heterocycles. The number of anilines is 2. The summed E-state index contributed by atoms with van der Waals surface area (Å²) in [5.74, 6) is 1.17. The van der Waals surface area contributed by atoms with Gasteiger partial charge in [-0.3, -0.25) is 19.2 Å². The second-order valence-corrected chi connectivity index (χ2v) is 16.2. The number of methoxy groups -OCH3 is 1. The second kappa shape index (κ2) is 16.7. The van der Waals surface area contributed by atoms with E-state index in [9.17, 15) is 19.2 Å². The van der Waals surface area contributed by atoms with Crippen LogP contribution in [0.4, 0.5) is 11.4 Å². The van der Waals surface area contributed by atoms with Gasteiger partial charge >= 0.3 is 0 Å². The van der Waals surface area contributed by atoms with Crippen LogP contribution in [0.3, 0.4) is 0 Å². The molecule has 0 bridgehead atoms. The van der Waals surface area contributed by atoms with Crippen LogP contribution >= 0.6 is 0 Å². The van der Waals surface area contributed by atoms with Crippen LogP contribution in [0, 0.1) is 5.41 Å². The number of unbranched alkanes of at least 4 members (excludes halogenated alkanes) is 1. The van der Waals surface area contributed by atoms with Gasteiger partial charge in [-0.05, 0) is 78.5 Å². The van der Waals surface area contributed by atoms with Gasteiger partial charge in [-0.1, -0.05) is 45.4 Å². The Morgan fingerprint density at radius 1 is 0.818 bits per heavy atom. The molecule has 0 N–H and O–H groups in total. The average Bonchev–Trinajstić information content (AvgIpc) is 3.81. The highest BCUT2D eigenvalue weighted by molar-refractivity contribution is 6.12. The van der Waals surface area contributed by atoms with Crippen molar-refractivity contribution >= 4 is 34.6 Å². The molecule has 2 aromatic carbocycles. The van der Waals surface area contributed by atoms with Crippen molar-refractivity contribution in [1.82, 2.24) is 9.13 Å². The van der Waals surface area contributed by atoms with Crippen molar-refractivity contribution in [3.8, 4) is 11.5 Å². The van der Waals surface area contributed by atoms with E-state index in [0.29, 0.717) is 73.7 Å². The Kier molecular flexibility index (Phi) is 12.0. The number of Topliss-reactive ketones (excluding diaryl/α,β-unsaturated/α-hetero) is 3. The first-order valence-corrected chi connectivity index (χ1v) is 19.6. The molecule has 2 aliphatic rings. The lowest BCUT2D eigenvalue weighted by molar-refractivity contribution is -0.119. The van der Waals surface area contributed by atoms with Crippen LogP contribution in [-0.2, 0) is 38.2 Å². The zero-order valence-electron chi connectivity index (χ0n) is 33.6. The Bertz CT molecular complexity index is 2070. The van der Waals surface area contributed by atoms with E-state index in [1.165, 1.54) is 5.56 Å². The highest BCUT2D eigenvalue weighted by Gasteiger charge is 2.39. The van der Waals surface area contributed by atoms with Gasteiger partial charge in [0.1, 0.15) is 5.78 Å². The number of nitrogens with zero attached hydrogens (tertiary/aromatic N) is 4. The number of hydrogen-bond donors (Lipinski definition) is 0. The minimum absolute atomic E-state index is 0.00727. The third-order valence-electron chi connectivity index (χ3n) is 11.2. The summed E-state index contributed by atoms with van der Waals surface area (Å²) >= 11 is 0. The van der Waals surface area contributed by atoms with Crippen molar-refractivity contribution in [3.63, 3.8) is 0 Å². The summed E-state index contributed by atoms with van der Waals surface area (Å²) < 4.78 is 15.5. The fourth-order valence-electron chi connectivity index (χ4n) is 8.32. The van der Waals surface area contributed by atoms with Gasteiger partial charge in [0.25, 0.3) is 5.91 Å². The van der Waals surface area contributed by atoms with Gasteiger partial charge in [0.05, 0.1) is 42.4 Å². The summed E-state index contributed by atoms with van der Waals surface area (Å²) in [5.41, 5.74) is 6.45. The fraction of sp³-hybridized carbons (Fsp3) is 0.467. The molecule has 4 heterocycles. The molecule has 0 fully saturated rings. The lowest BCUT2D eigenvalue weighted by atomic mass is 9.82. The Morgan fingerprint density at radius 3 is 2.22 bits per heavy atom. The highest BCUT2D eigenvalue weighted by Crippen LogP contribution is 2.42. The van der Waals surface area contributed by atoms with Crippen molar-refractivity contribution in [2.75, 3.05) is 37.1 Å². The highest BCUT2D eigenvalue weighted by atomic mass is 16.5. The molecular weight excluding hydrogens is 693 g/mol. The van der Waals surface area contributed by atoms with Crippen molar-refractivity contribution in [2.24, 2.45) is 19.5 Å². The van der Waals surface area contributed by atoms with Crippen molar-refractivity contribution in [1.29, 1.82) is 0 Å². The van der Waals surface area contributed by atoms with E-state index in [-0.39, 0.29) is 41.1 Å². The topological polar surface area (TPSA) is 103 Å². The minimum Gasteiger partial charge on any atom is -0.493 e. The molecule has 55 heavy (non-hydrogen) atoms. The van der Waals surface area contributed by atoms with Gasteiger partial charge in [-0.15, -0.1) is 0 Å². The molecule has 0 saturated heterocycles. The van der Waals surface area contributed by atoms with Crippen molar-refractivity contribution in [2.45, 2.75) is 91.0 Å². The number of hydrogen-bond acceptors (Lipinski definition) is 7. The maximum atomic E-state index is 13.9. The quantitative estimate of drug-likeness (QED) is 0.0752. The van der Waals surface area contributed by atoms with Gasteiger partial charge in [0.15, 0.2) is 23.1 Å². The molecule has 10 heteroatoms. The Hall–Kier alpha value is -5.12. The molecular formula is C45H56N4O6. The first-order valence-electron chi connectivity index (χ1n) is 19.6. The molecule has 0 saturated carbocycles. The number of amides is 1. The van der Waals surface area contributed by atoms with Crippen molar-refractivity contribution in [3.05, 3.63) is 94.6 Å². The summed E-state index contributed by atoms with van der Waals surface area (Å²) in [6.07, 6.45) is 10.2. The number of likely N-dealkylation sites (N-methyl/N-ethyl adjacent to an activating group) is 1. The maximum absolute atomic E-state index is 13.9. The number of aromatic nitrogens is 2. The van der Waals surface area contributed by atoms with Crippen LogP contribution in [0.5, 0.6) is 11.5 Å². The number of rotatable bonds is 18. The zero-order valence-corrected chi connectivity index (χ0v) is 33.6. The fourth-order valence-corrected chi connectivity index (χ4v) is 8.32. The number of ketones is 3. The Morgan fingerprint density at radius 2 is 1.51 bits per heavy atom. The first-order chi connectivity index (χ1) is 26.3. The van der Waals surface area contributed by atoms with Crippen LogP contribution in [0.15, 0.2) is 60.9 Å². The molecule has 6 rings (SSSR count). The summed E-state index contributed by atoms with van der Waals surface area (Å²) in [7, 11) is 7.24. The Labute approximate surface area is 325 Å². The zero-order chi connectivity index (χ0) is 39.4. The number of para-hydroxylation sites is 1. The molecule has 1 atom stereocenters. The molecule has 292 valence electrons. The van der Waals surface area contributed by atoms with Gasteiger partial charge in [0, 0.05) is 77.5 Å². The number of benzene rings is 2. The molecule has 2 aromatic heterocycles. The van der Waals surface area contributed by atoms with E-state index >= 15 is 0 Å². The molecule has 0 unspecified atom stereocenters. The Balaban J connectivity index is 0.999. The van der Waals surface area contributed by atoms with Crippen LogP contribution in [-0.4, -0.2) is 65.7 Å². The standard InChI is InChI=1S/C45H56N4O6/c1-8-17-45(2,3)18-16-34(50)20-30-21-39(47(5)27-30)41(52)23-31-22-38(46(4)28-31)40(51)15-11-12-19-55-43-26-37-35(25-42(43)54-7)44(53)49-33(29-48(37)6)24-32-13-9-10-14-36(32)49/h9-10,13-14,21-22,25-28,33H,8,11-12,15-20,23-24,29H2,1-7H3/t33-/m0/s1. The van der Waals surface area contributed by atoms with Crippen LogP contribution in [0.2, 0.25) is 0 Å². The van der Waals surface area contributed by atoms with Crippen LogP contribution < -0.4 is 19.3 Å². The van der Waals surface area contributed by atoms with Gasteiger partial charge < -0.3 is 28.4 Å². The monoisotopic (exact) mass is 748 g/mol. The van der Waals surface area contributed by atoms with E-state index in [1.807, 2.05) is 74.8 Å². The van der Waals surface area contributed by atoms with Gasteiger partial charge in [0.2, 0.25) is 0 Å². The third-order valence-corrected chi connectivity index (χ3v) is 11.2. The largest absolute Gasteiger partial charge is 0.493 e. The van der Waals surface area contributed by atoms with E-state index in [0.717, 1.165) is 48.2 Å². The van der Waals surface area contributed by atoms with Crippen LogP contribution in [0.1, 0.15) is 114 Å². The molecule has 0 spiro atoms. The molecule has 0 aliphatic carbocycles. The minimum atomic E-state index is -0.0542. The number of aryl methyl sites for hydroxylation is 2. The molecule has 4 aromatic rings. The predicted molar refractivity (Wildman–Crippen MR) is 216 cm³/mol. The molecule has 1 amide bonds. The summed E-state index contributed by atoms with van der Waals surface area (Å²) in [5, 5.41) is 0. The lowest BCUT2D eigenvalue weighted by Gasteiger charge is -2.25. The number of fused-ring (bicyclic) bond motifs is 4. The number of ether oxygens (including phenoxy) is 2. The second-order valence-electron chi connectivity index (χ2n) is 16.2. The maximum Gasteiger partial charge on any atom is 0.260 e. The van der Waals surface area contributed by atoms with Crippen LogP contribution in [0.25, 0.3) is 0 Å². The van der Waals surface area contributed by atoms with E-state index < -0.39 is 0 Å². The summed E-state index contributed by atoms with van der Waals surface area (Å²) in [6, 6.07) is 15.5. The summed E-state index contributed by atoms with van der Waals surface area (Å²) in [6.45, 7) is 7.67. The van der Waals surface area contributed by atoms with Gasteiger partial charge in [-0.2, -0.15) is 0 Å². The predicted octanol–water partition coefficient (Wildman–Crippen LogP) is 7.97. The third kappa shape index (κ3) is 8.90.